The van der Waals surface area contributed by atoms with E-state index in [0.29, 0.717) is 0 Å². The van der Waals surface area contributed by atoms with Crippen molar-refractivity contribution in [3.8, 4) is 0 Å². The molecule has 196 valence electrons. The molecule has 3 rings (SSSR count). The number of aryl methyl sites for hydroxylation is 1. The number of anilines is 1. The quantitative estimate of drug-likeness (QED) is 0.476. The fraction of sp³-hybridized carbons (Fsp3) is 0.462. The number of halogens is 2. The molecule has 2 aromatic carbocycles. The number of carbonyl (C=O) groups is 2. The molecular weight excluding hydrogens is 521 g/mol. The average molecular weight is 555 g/mol. The van der Waals surface area contributed by atoms with E-state index in [1.807, 2.05) is 31.2 Å². The summed E-state index contributed by atoms with van der Waals surface area (Å²) in [7, 11) is -3.89. The molecule has 2 aromatic rings. The van der Waals surface area contributed by atoms with E-state index in [0.717, 1.165) is 53.8 Å². The molecule has 0 aromatic heterocycles. The van der Waals surface area contributed by atoms with Gasteiger partial charge in [-0.25, -0.2) is 8.42 Å². The number of sulfonamides is 1. The zero-order chi connectivity index (χ0) is 26.5. The second-order valence-electron chi connectivity index (χ2n) is 9.37. The van der Waals surface area contributed by atoms with Crippen molar-refractivity contribution in [1.29, 1.82) is 0 Å². The molecule has 0 heterocycles. The molecule has 0 spiro atoms. The lowest BCUT2D eigenvalue weighted by Gasteiger charge is -2.33. The van der Waals surface area contributed by atoms with Gasteiger partial charge < -0.3 is 10.2 Å². The number of amides is 2. The fourth-order valence-electron chi connectivity index (χ4n) is 4.32. The van der Waals surface area contributed by atoms with Crippen molar-refractivity contribution in [3.05, 3.63) is 63.6 Å². The lowest BCUT2D eigenvalue weighted by molar-refractivity contribution is -0.139. The standard InChI is InChI=1S/C26H33Cl2N3O4S/c1-18-12-14-20(15-13-18)16-30(19(2)26(33)29-21-8-5-4-6-9-21)24(32)17-31(36(3,34)35)23-11-7-10-22(27)25(23)28/h7,10-15,19,21H,4-6,8-9,16-17H2,1-3H3,(H,29,33)/t19-/m0/s1. The Kier molecular flexibility index (Phi) is 9.66. The van der Waals surface area contributed by atoms with Crippen LogP contribution < -0.4 is 9.62 Å². The van der Waals surface area contributed by atoms with Gasteiger partial charge in [0.05, 0.1) is 22.0 Å². The Bertz CT molecular complexity index is 1180. The topological polar surface area (TPSA) is 86.8 Å². The minimum Gasteiger partial charge on any atom is -0.352 e. The number of carbonyl (C=O) groups excluding carboxylic acids is 2. The van der Waals surface area contributed by atoms with Gasteiger partial charge in [0.25, 0.3) is 0 Å². The Labute approximate surface area is 223 Å². The minimum absolute atomic E-state index is 0.0329. The van der Waals surface area contributed by atoms with Crippen molar-refractivity contribution in [3.63, 3.8) is 0 Å². The molecule has 0 radical (unpaired) electrons. The Morgan fingerprint density at radius 3 is 2.31 bits per heavy atom. The molecule has 0 bridgehead atoms. The van der Waals surface area contributed by atoms with E-state index < -0.39 is 28.5 Å². The van der Waals surface area contributed by atoms with Crippen LogP contribution in [0.4, 0.5) is 5.69 Å². The SMILES string of the molecule is Cc1ccc(CN(C(=O)CN(c2cccc(Cl)c2Cl)S(C)(=O)=O)[C@@H](C)C(=O)NC2CCCCC2)cc1. The molecule has 2 amide bonds. The van der Waals surface area contributed by atoms with Gasteiger partial charge in [0.1, 0.15) is 12.6 Å². The molecule has 10 heteroatoms. The van der Waals surface area contributed by atoms with E-state index in [1.165, 1.54) is 17.0 Å². The van der Waals surface area contributed by atoms with Crippen molar-refractivity contribution in [2.24, 2.45) is 0 Å². The summed E-state index contributed by atoms with van der Waals surface area (Å²) in [6.07, 6.45) is 6.12. The van der Waals surface area contributed by atoms with Crippen LogP contribution in [0.5, 0.6) is 0 Å². The monoisotopic (exact) mass is 553 g/mol. The number of nitrogens with one attached hydrogen (secondary N) is 1. The zero-order valence-corrected chi connectivity index (χ0v) is 23.2. The third-order valence-corrected chi connectivity index (χ3v) is 8.41. The summed E-state index contributed by atoms with van der Waals surface area (Å²) in [6, 6.07) is 11.5. The lowest BCUT2D eigenvalue weighted by atomic mass is 9.95. The molecule has 1 aliphatic rings. The summed E-state index contributed by atoms with van der Waals surface area (Å²) in [5.74, 6) is -0.780. The largest absolute Gasteiger partial charge is 0.352 e. The van der Waals surface area contributed by atoms with Gasteiger partial charge in [-0.15, -0.1) is 0 Å². The number of nitrogens with zero attached hydrogens (tertiary/aromatic N) is 2. The van der Waals surface area contributed by atoms with Crippen molar-refractivity contribution in [2.75, 3.05) is 17.1 Å². The van der Waals surface area contributed by atoms with Crippen LogP contribution in [-0.2, 0) is 26.2 Å². The highest BCUT2D eigenvalue weighted by molar-refractivity contribution is 7.92. The van der Waals surface area contributed by atoms with E-state index in [2.05, 4.69) is 5.32 Å². The second-order valence-corrected chi connectivity index (χ2v) is 12.1. The molecule has 0 saturated heterocycles. The normalized spacial score (nSPS) is 15.2. The third-order valence-electron chi connectivity index (χ3n) is 6.47. The third kappa shape index (κ3) is 7.37. The van der Waals surface area contributed by atoms with Crippen LogP contribution in [0.15, 0.2) is 42.5 Å². The summed E-state index contributed by atoms with van der Waals surface area (Å²) in [4.78, 5) is 28.2. The maximum atomic E-state index is 13.6. The van der Waals surface area contributed by atoms with Gasteiger partial charge in [0, 0.05) is 12.6 Å². The van der Waals surface area contributed by atoms with Gasteiger partial charge in [-0.05, 0) is 44.4 Å². The van der Waals surface area contributed by atoms with Gasteiger partial charge >= 0.3 is 0 Å². The summed E-state index contributed by atoms with van der Waals surface area (Å²) >= 11 is 12.4. The Morgan fingerprint density at radius 1 is 1.06 bits per heavy atom. The van der Waals surface area contributed by atoms with Crippen LogP contribution in [0.25, 0.3) is 0 Å². The van der Waals surface area contributed by atoms with E-state index >= 15 is 0 Å². The Morgan fingerprint density at radius 2 is 1.69 bits per heavy atom. The number of hydrogen-bond donors (Lipinski definition) is 1. The van der Waals surface area contributed by atoms with Gasteiger partial charge in [-0.1, -0.05) is 78.4 Å². The van der Waals surface area contributed by atoms with Crippen LogP contribution in [0.1, 0.15) is 50.2 Å². The zero-order valence-electron chi connectivity index (χ0n) is 20.8. The molecule has 1 N–H and O–H groups in total. The molecule has 7 nitrogen and oxygen atoms in total. The van der Waals surface area contributed by atoms with Crippen molar-refractivity contribution >= 4 is 50.7 Å². The van der Waals surface area contributed by atoms with E-state index in [9.17, 15) is 18.0 Å². The van der Waals surface area contributed by atoms with Crippen molar-refractivity contribution in [2.45, 2.75) is 64.6 Å². The maximum Gasteiger partial charge on any atom is 0.244 e. The maximum absolute atomic E-state index is 13.6. The molecule has 1 aliphatic carbocycles. The van der Waals surface area contributed by atoms with Crippen molar-refractivity contribution in [1.82, 2.24) is 10.2 Å². The first-order valence-corrected chi connectivity index (χ1v) is 14.6. The first-order chi connectivity index (χ1) is 17.0. The summed E-state index contributed by atoms with van der Waals surface area (Å²) in [5.41, 5.74) is 2.01. The van der Waals surface area contributed by atoms with Gasteiger partial charge in [0.15, 0.2) is 0 Å². The predicted octanol–water partition coefficient (Wildman–Crippen LogP) is 4.93. The second kappa shape index (κ2) is 12.3. The Balaban J connectivity index is 1.89. The molecule has 1 saturated carbocycles. The molecule has 1 atom stereocenters. The molecule has 0 aliphatic heterocycles. The lowest BCUT2D eigenvalue weighted by Crippen LogP contribution is -2.53. The first kappa shape index (κ1) is 28.3. The summed E-state index contributed by atoms with van der Waals surface area (Å²) in [5, 5.41) is 3.28. The number of benzene rings is 2. The summed E-state index contributed by atoms with van der Waals surface area (Å²) < 4.78 is 26.3. The van der Waals surface area contributed by atoms with Crippen molar-refractivity contribution < 1.29 is 18.0 Å². The smallest absolute Gasteiger partial charge is 0.244 e. The van der Waals surface area contributed by atoms with Crippen LogP contribution in [0, 0.1) is 6.92 Å². The van der Waals surface area contributed by atoms with E-state index in [-0.39, 0.29) is 34.2 Å². The average Bonchev–Trinajstić information content (AvgIpc) is 2.83. The van der Waals surface area contributed by atoms with Crippen LogP contribution in [0.3, 0.4) is 0 Å². The fourth-order valence-corrected chi connectivity index (χ4v) is 5.62. The molecular formula is C26H33Cl2N3O4S. The molecule has 36 heavy (non-hydrogen) atoms. The number of rotatable bonds is 9. The predicted molar refractivity (Wildman–Crippen MR) is 145 cm³/mol. The first-order valence-electron chi connectivity index (χ1n) is 12.0. The summed E-state index contributed by atoms with van der Waals surface area (Å²) in [6.45, 7) is 3.26. The van der Waals surface area contributed by atoms with E-state index in [4.69, 9.17) is 23.2 Å². The number of hydrogen-bond acceptors (Lipinski definition) is 4. The van der Waals surface area contributed by atoms with Crippen LogP contribution in [-0.4, -0.2) is 50.0 Å². The molecule has 0 unspecified atom stereocenters. The van der Waals surface area contributed by atoms with Gasteiger partial charge in [-0.3, -0.25) is 13.9 Å². The Hall–Kier alpha value is -2.29. The van der Waals surface area contributed by atoms with Crippen LogP contribution in [0.2, 0.25) is 10.0 Å². The highest BCUT2D eigenvalue weighted by Crippen LogP contribution is 2.33. The van der Waals surface area contributed by atoms with Gasteiger partial charge in [-0.2, -0.15) is 0 Å². The molecule has 1 fully saturated rings. The van der Waals surface area contributed by atoms with E-state index in [1.54, 1.807) is 13.0 Å². The highest BCUT2D eigenvalue weighted by Gasteiger charge is 2.32. The van der Waals surface area contributed by atoms with Crippen LogP contribution >= 0.6 is 23.2 Å². The van der Waals surface area contributed by atoms with Gasteiger partial charge in [0.2, 0.25) is 21.8 Å². The highest BCUT2D eigenvalue weighted by atomic mass is 35.5. The minimum atomic E-state index is -3.89.